The fourth-order valence-electron chi connectivity index (χ4n) is 4.32. The molecule has 0 amide bonds. The van der Waals surface area contributed by atoms with E-state index in [4.69, 9.17) is 14.2 Å². The summed E-state index contributed by atoms with van der Waals surface area (Å²) >= 11 is 0. The van der Waals surface area contributed by atoms with Gasteiger partial charge in [-0.15, -0.1) is 0 Å². The minimum absolute atomic E-state index is 0.0216. The van der Waals surface area contributed by atoms with Crippen LogP contribution in [0.15, 0.2) is 36.4 Å². The average Bonchev–Trinajstić information content (AvgIpc) is 2.72. The first kappa shape index (κ1) is 22.0. The van der Waals surface area contributed by atoms with E-state index in [1.54, 1.807) is 19.9 Å². The van der Waals surface area contributed by atoms with Gasteiger partial charge >= 0.3 is 0 Å². The van der Waals surface area contributed by atoms with Crippen molar-refractivity contribution in [1.29, 1.82) is 0 Å². The van der Waals surface area contributed by atoms with Crippen LogP contribution >= 0.6 is 0 Å². The number of ether oxygens (including phenoxy) is 3. The number of aliphatic hydroxyl groups is 1. The summed E-state index contributed by atoms with van der Waals surface area (Å²) in [7, 11) is 1.47. The number of hydrogen-bond acceptors (Lipinski definition) is 6. The largest absolute Gasteiger partial charge is 0.507 e. The molecule has 6 nitrogen and oxygen atoms in total. The van der Waals surface area contributed by atoms with Gasteiger partial charge in [0.1, 0.15) is 34.2 Å². The molecule has 32 heavy (non-hydrogen) atoms. The molecule has 2 atom stereocenters. The summed E-state index contributed by atoms with van der Waals surface area (Å²) in [5, 5.41) is 22.1. The van der Waals surface area contributed by atoms with Crippen LogP contribution in [0.25, 0.3) is 6.08 Å². The third kappa shape index (κ3) is 3.45. The second-order valence-corrected chi connectivity index (χ2v) is 8.97. The van der Waals surface area contributed by atoms with E-state index in [1.807, 2.05) is 32.1 Å². The van der Waals surface area contributed by atoms with Gasteiger partial charge in [0.15, 0.2) is 0 Å². The number of fused-ring (bicyclic) bond motifs is 2. The Morgan fingerprint density at radius 2 is 1.97 bits per heavy atom. The maximum Gasteiger partial charge on any atom is 0.204 e. The Bertz CT molecular complexity index is 1160. The summed E-state index contributed by atoms with van der Waals surface area (Å²) in [5.74, 6) is -0.0550. The second-order valence-electron chi connectivity index (χ2n) is 8.97. The molecule has 4 rings (SSSR count). The van der Waals surface area contributed by atoms with Crippen LogP contribution in [0.5, 0.6) is 23.0 Å². The third-order valence-corrected chi connectivity index (χ3v) is 6.05. The zero-order chi connectivity index (χ0) is 23.4. The molecule has 2 heterocycles. The Morgan fingerprint density at radius 1 is 1.25 bits per heavy atom. The molecular formula is C26H28O6. The van der Waals surface area contributed by atoms with Gasteiger partial charge in [0.05, 0.1) is 25.4 Å². The summed E-state index contributed by atoms with van der Waals surface area (Å²) in [4.78, 5) is 14.0. The highest BCUT2D eigenvalue weighted by molar-refractivity contribution is 6.16. The molecule has 168 valence electrons. The van der Waals surface area contributed by atoms with E-state index in [1.165, 1.54) is 13.2 Å². The molecule has 0 bridgehead atoms. The third-order valence-electron chi connectivity index (χ3n) is 6.05. The highest BCUT2D eigenvalue weighted by atomic mass is 16.5. The molecule has 2 aliphatic heterocycles. The smallest absolute Gasteiger partial charge is 0.204 e. The monoisotopic (exact) mass is 436 g/mol. The van der Waals surface area contributed by atoms with E-state index in [0.717, 1.165) is 11.1 Å². The number of hydrogen-bond donors (Lipinski definition) is 2. The van der Waals surface area contributed by atoms with Gasteiger partial charge in [-0.1, -0.05) is 18.2 Å². The molecule has 2 unspecified atom stereocenters. The Morgan fingerprint density at radius 3 is 2.62 bits per heavy atom. The van der Waals surface area contributed by atoms with E-state index in [2.05, 4.69) is 6.58 Å². The van der Waals surface area contributed by atoms with Gasteiger partial charge in [-0.05, 0) is 57.5 Å². The topological polar surface area (TPSA) is 85.2 Å². The summed E-state index contributed by atoms with van der Waals surface area (Å²) in [6.07, 6.45) is 2.76. The van der Waals surface area contributed by atoms with Crippen LogP contribution in [-0.2, 0) is 0 Å². The van der Waals surface area contributed by atoms with Crippen molar-refractivity contribution in [3.05, 3.63) is 64.2 Å². The molecule has 6 heteroatoms. The van der Waals surface area contributed by atoms with Crippen molar-refractivity contribution in [3.63, 3.8) is 0 Å². The van der Waals surface area contributed by atoms with Crippen molar-refractivity contribution < 1.29 is 29.2 Å². The second kappa shape index (κ2) is 7.71. The minimum atomic E-state index is -1.05. The van der Waals surface area contributed by atoms with E-state index in [9.17, 15) is 15.0 Å². The molecule has 2 N–H and O–H groups in total. The highest BCUT2D eigenvalue weighted by Gasteiger charge is 2.39. The number of phenolic OH excluding ortho intramolecular Hbond substituents is 1. The number of aromatic hydroxyl groups is 1. The molecule has 0 radical (unpaired) electrons. The van der Waals surface area contributed by atoms with Gasteiger partial charge in [-0.2, -0.15) is 0 Å². The van der Waals surface area contributed by atoms with Crippen LogP contribution in [0.1, 0.15) is 59.5 Å². The Hall–Kier alpha value is -3.25. The number of aliphatic hydroxyl groups excluding tert-OH is 1. The molecule has 2 aromatic carbocycles. The molecular weight excluding hydrogens is 408 g/mol. The SMILES string of the molecule is C=C(C)C1COc2c(C)cc(O)c(C(=O)c3c(OC)ccc4c3OC(C)(C)C=C4)c2C1O. The van der Waals surface area contributed by atoms with E-state index >= 15 is 0 Å². The van der Waals surface area contributed by atoms with Crippen molar-refractivity contribution in [2.45, 2.75) is 39.4 Å². The first-order valence-corrected chi connectivity index (χ1v) is 10.5. The van der Waals surface area contributed by atoms with Crippen molar-refractivity contribution in [2.75, 3.05) is 13.7 Å². The van der Waals surface area contributed by atoms with Crippen LogP contribution in [0.2, 0.25) is 0 Å². The number of phenols is 1. The van der Waals surface area contributed by atoms with E-state index in [0.29, 0.717) is 22.8 Å². The molecule has 0 spiro atoms. The highest BCUT2D eigenvalue weighted by Crippen LogP contribution is 2.48. The van der Waals surface area contributed by atoms with Crippen LogP contribution in [-0.4, -0.2) is 35.3 Å². The number of aryl methyl sites for hydroxylation is 1. The van der Waals surface area contributed by atoms with Gasteiger partial charge in [0, 0.05) is 17.0 Å². The van der Waals surface area contributed by atoms with E-state index < -0.39 is 23.4 Å². The number of carbonyl (C=O) groups is 1. The predicted molar refractivity (Wildman–Crippen MR) is 122 cm³/mol. The maximum atomic E-state index is 14.0. The Kier molecular flexibility index (Phi) is 5.29. The summed E-state index contributed by atoms with van der Waals surface area (Å²) in [6, 6.07) is 4.99. The number of benzene rings is 2. The molecule has 0 fully saturated rings. The zero-order valence-corrected chi connectivity index (χ0v) is 19.0. The number of ketones is 1. The molecule has 2 aromatic rings. The molecule has 0 aromatic heterocycles. The average molecular weight is 437 g/mol. The Balaban J connectivity index is 1.97. The lowest BCUT2D eigenvalue weighted by atomic mass is 9.82. The van der Waals surface area contributed by atoms with Gasteiger partial charge < -0.3 is 24.4 Å². The first-order chi connectivity index (χ1) is 15.1. The number of rotatable bonds is 4. The van der Waals surface area contributed by atoms with Gasteiger partial charge in [0.2, 0.25) is 5.78 Å². The predicted octanol–water partition coefficient (Wildman–Crippen LogP) is 4.74. The molecule has 0 saturated heterocycles. The van der Waals surface area contributed by atoms with Crippen LogP contribution < -0.4 is 14.2 Å². The summed E-state index contributed by atoms with van der Waals surface area (Å²) in [5.41, 5.74) is 1.89. The standard InChI is InChI=1S/C26H28O6/c1-13(2)16-12-31-24-14(3)11-17(27)19(21(24)22(16)28)23(29)20-18(30-6)8-7-15-9-10-26(4,5)32-25(15)20/h7-11,16,22,27-28H,1,12H2,2-6H3. The molecule has 0 aliphatic carbocycles. The van der Waals surface area contributed by atoms with Crippen LogP contribution in [0.4, 0.5) is 0 Å². The van der Waals surface area contributed by atoms with Crippen molar-refractivity contribution in [3.8, 4) is 23.0 Å². The van der Waals surface area contributed by atoms with Crippen LogP contribution in [0.3, 0.4) is 0 Å². The van der Waals surface area contributed by atoms with E-state index in [-0.39, 0.29) is 29.0 Å². The van der Waals surface area contributed by atoms with Crippen molar-refractivity contribution in [2.24, 2.45) is 5.92 Å². The number of carbonyl (C=O) groups excluding carboxylic acids is 1. The van der Waals surface area contributed by atoms with Gasteiger partial charge in [0.25, 0.3) is 0 Å². The summed E-state index contributed by atoms with van der Waals surface area (Å²) in [6.45, 7) is 11.5. The maximum absolute atomic E-state index is 14.0. The Labute approximate surface area is 187 Å². The zero-order valence-electron chi connectivity index (χ0n) is 19.0. The lowest BCUT2D eigenvalue weighted by Gasteiger charge is -2.34. The fourth-order valence-corrected chi connectivity index (χ4v) is 4.32. The summed E-state index contributed by atoms with van der Waals surface area (Å²) < 4.78 is 17.6. The van der Waals surface area contributed by atoms with Gasteiger partial charge in [-0.25, -0.2) is 0 Å². The molecule has 0 saturated carbocycles. The lowest BCUT2D eigenvalue weighted by Crippen LogP contribution is -2.30. The lowest BCUT2D eigenvalue weighted by molar-refractivity contribution is 0.0663. The fraction of sp³-hybridized carbons (Fsp3) is 0.346. The quantitative estimate of drug-likeness (QED) is 0.532. The van der Waals surface area contributed by atoms with Crippen molar-refractivity contribution in [1.82, 2.24) is 0 Å². The number of methoxy groups -OCH3 is 1. The van der Waals surface area contributed by atoms with Crippen LogP contribution in [0, 0.1) is 12.8 Å². The van der Waals surface area contributed by atoms with Crippen molar-refractivity contribution >= 4 is 11.9 Å². The minimum Gasteiger partial charge on any atom is -0.507 e. The van der Waals surface area contributed by atoms with Gasteiger partial charge in [-0.3, -0.25) is 4.79 Å². The first-order valence-electron chi connectivity index (χ1n) is 10.5. The normalized spacial score (nSPS) is 20.4. The molecule has 2 aliphatic rings.